The van der Waals surface area contributed by atoms with E-state index in [2.05, 4.69) is 15.5 Å². The number of piperazine rings is 1. The van der Waals surface area contributed by atoms with Crippen LogP contribution in [0.2, 0.25) is 0 Å². The molecule has 11 heteroatoms. The molecule has 0 spiro atoms. The highest BCUT2D eigenvalue weighted by atomic mass is 32.2. The lowest BCUT2D eigenvalue weighted by Crippen LogP contribution is -2.55. The number of benzene rings is 1. The third-order valence-electron chi connectivity index (χ3n) is 6.44. The molecule has 0 N–H and O–H groups in total. The molecule has 2 fully saturated rings. The van der Waals surface area contributed by atoms with Gasteiger partial charge < -0.3 is 19.3 Å². The van der Waals surface area contributed by atoms with Gasteiger partial charge >= 0.3 is 0 Å². The zero-order chi connectivity index (χ0) is 22.6. The van der Waals surface area contributed by atoms with Crippen molar-refractivity contribution >= 4 is 23.6 Å². The lowest BCUT2D eigenvalue weighted by atomic mass is 9.96. The molecule has 1 aromatic carbocycles. The molecule has 176 valence electrons. The number of hydrogen-bond acceptors (Lipinski definition) is 8. The summed E-state index contributed by atoms with van der Waals surface area (Å²) in [5.74, 6) is 1.47. The Morgan fingerprint density at radius 3 is 2.52 bits per heavy atom. The summed E-state index contributed by atoms with van der Waals surface area (Å²) in [4.78, 5) is 29.2. The van der Waals surface area contributed by atoms with Gasteiger partial charge in [-0.15, -0.1) is 5.10 Å². The van der Waals surface area contributed by atoms with Crippen molar-refractivity contribution in [1.29, 1.82) is 0 Å². The fourth-order valence-corrected chi connectivity index (χ4v) is 5.42. The minimum atomic E-state index is -0.656. The van der Waals surface area contributed by atoms with Crippen LogP contribution in [0, 0.1) is 0 Å². The Hall–Kier alpha value is -2.82. The van der Waals surface area contributed by atoms with Crippen LogP contribution in [0.1, 0.15) is 38.1 Å². The average Bonchev–Trinajstić information content (AvgIpc) is 3.36. The van der Waals surface area contributed by atoms with Crippen LogP contribution in [0.4, 0.5) is 0 Å². The predicted molar refractivity (Wildman–Crippen MR) is 120 cm³/mol. The molecule has 5 rings (SSSR count). The molecule has 3 aliphatic rings. The maximum absolute atomic E-state index is 12.9. The van der Waals surface area contributed by atoms with Crippen LogP contribution in [0.3, 0.4) is 0 Å². The predicted octanol–water partition coefficient (Wildman–Crippen LogP) is 1.78. The first-order chi connectivity index (χ1) is 16.2. The van der Waals surface area contributed by atoms with Crippen LogP contribution >= 0.6 is 11.8 Å². The zero-order valence-electron chi connectivity index (χ0n) is 18.5. The lowest BCUT2D eigenvalue weighted by Gasteiger charge is -2.37. The quantitative estimate of drug-likeness (QED) is 0.607. The lowest BCUT2D eigenvalue weighted by molar-refractivity contribution is -0.145. The third-order valence-corrected chi connectivity index (χ3v) is 7.35. The van der Waals surface area contributed by atoms with E-state index in [-0.39, 0.29) is 24.2 Å². The molecule has 10 nitrogen and oxygen atoms in total. The second-order valence-electron chi connectivity index (χ2n) is 8.56. The first kappa shape index (κ1) is 22.0. The molecule has 33 heavy (non-hydrogen) atoms. The number of aromatic nitrogens is 4. The standard InChI is InChI=1S/C22H28N6O4S/c29-20(15-33-22-23-24-25-28(22)16-6-2-1-3-7-16)26-10-12-27(13-11-26)21(30)19-14-31-17-8-4-5-9-18(17)32-19/h4-5,8-9,16,19H,1-3,6-7,10-15H2/t19-/m0/s1. The fraction of sp³-hybridized carbons (Fsp3) is 0.591. The van der Waals surface area contributed by atoms with E-state index in [1.165, 1.54) is 31.0 Å². The molecule has 0 unspecified atom stereocenters. The normalized spacial score (nSPS) is 21.2. The van der Waals surface area contributed by atoms with Gasteiger partial charge in [0.15, 0.2) is 11.5 Å². The molecule has 1 aromatic heterocycles. The number of carbonyl (C=O) groups is 2. The summed E-state index contributed by atoms with van der Waals surface area (Å²) in [5, 5.41) is 12.8. The number of para-hydroxylation sites is 2. The van der Waals surface area contributed by atoms with Crippen LogP contribution < -0.4 is 9.47 Å². The van der Waals surface area contributed by atoms with Crippen molar-refractivity contribution in [3.8, 4) is 11.5 Å². The summed E-state index contributed by atoms with van der Waals surface area (Å²) in [6.07, 6.45) is 5.17. The first-order valence-corrected chi connectivity index (χ1v) is 12.5. The monoisotopic (exact) mass is 472 g/mol. The smallest absolute Gasteiger partial charge is 0.267 e. The minimum Gasteiger partial charge on any atom is -0.485 e. The molecule has 0 radical (unpaired) electrons. The van der Waals surface area contributed by atoms with Crippen molar-refractivity contribution in [1.82, 2.24) is 30.0 Å². The molecule has 2 aliphatic heterocycles. The molecule has 1 aliphatic carbocycles. The summed E-state index contributed by atoms with van der Waals surface area (Å²) in [7, 11) is 0. The number of amides is 2. The number of ether oxygens (including phenoxy) is 2. The molecule has 1 saturated heterocycles. The number of hydrogen-bond donors (Lipinski definition) is 0. The highest BCUT2D eigenvalue weighted by molar-refractivity contribution is 7.99. The third kappa shape index (κ3) is 4.92. The number of thioether (sulfide) groups is 1. The van der Waals surface area contributed by atoms with E-state index in [9.17, 15) is 9.59 Å². The molecule has 0 bridgehead atoms. The maximum Gasteiger partial charge on any atom is 0.267 e. The van der Waals surface area contributed by atoms with E-state index >= 15 is 0 Å². The van der Waals surface area contributed by atoms with Gasteiger partial charge in [0.2, 0.25) is 17.2 Å². The molecule has 2 amide bonds. The number of fused-ring (bicyclic) bond motifs is 1. The maximum atomic E-state index is 12.9. The highest BCUT2D eigenvalue weighted by Crippen LogP contribution is 2.32. The van der Waals surface area contributed by atoms with E-state index in [4.69, 9.17) is 9.47 Å². The van der Waals surface area contributed by atoms with Gasteiger partial charge in [-0.3, -0.25) is 9.59 Å². The Morgan fingerprint density at radius 2 is 1.73 bits per heavy atom. The van der Waals surface area contributed by atoms with Crippen molar-refractivity contribution in [2.75, 3.05) is 38.5 Å². The van der Waals surface area contributed by atoms with Gasteiger partial charge in [-0.1, -0.05) is 43.2 Å². The van der Waals surface area contributed by atoms with Gasteiger partial charge in [-0.25, -0.2) is 4.68 Å². The van der Waals surface area contributed by atoms with Crippen LogP contribution in [-0.2, 0) is 9.59 Å². The molecular weight excluding hydrogens is 444 g/mol. The van der Waals surface area contributed by atoms with Gasteiger partial charge in [-0.05, 0) is 35.4 Å². The van der Waals surface area contributed by atoms with Crippen LogP contribution in [0.25, 0.3) is 0 Å². The summed E-state index contributed by atoms with van der Waals surface area (Å²) in [6, 6.07) is 7.68. The molecule has 2 aromatic rings. The second kappa shape index (κ2) is 9.98. The van der Waals surface area contributed by atoms with Crippen molar-refractivity contribution < 1.29 is 19.1 Å². The fourth-order valence-electron chi connectivity index (χ4n) is 4.57. The Balaban J connectivity index is 1.09. The van der Waals surface area contributed by atoms with E-state index in [0.29, 0.717) is 48.9 Å². The van der Waals surface area contributed by atoms with E-state index < -0.39 is 6.10 Å². The Labute approximate surface area is 196 Å². The SMILES string of the molecule is O=C(CSc1nnnn1C1CCCCC1)N1CCN(C(=O)[C@@H]2COc3ccccc3O2)CC1. The van der Waals surface area contributed by atoms with E-state index in [1.807, 2.05) is 22.9 Å². The van der Waals surface area contributed by atoms with Gasteiger partial charge in [0, 0.05) is 26.2 Å². The molecular formula is C22H28N6O4S. The topological polar surface area (TPSA) is 103 Å². The van der Waals surface area contributed by atoms with Gasteiger partial charge in [-0.2, -0.15) is 0 Å². The van der Waals surface area contributed by atoms with Crippen molar-refractivity contribution in [3.63, 3.8) is 0 Å². The minimum absolute atomic E-state index is 0.0384. The molecule has 1 atom stereocenters. The van der Waals surface area contributed by atoms with Gasteiger partial charge in [0.1, 0.15) is 6.61 Å². The van der Waals surface area contributed by atoms with Crippen LogP contribution in [0.5, 0.6) is 11.5 Å². The summed E-state index contributed by atoms with van der Waals surface area (Å²) in [5.41, 5.74) is 0. The van der Waals surface area contributed by atoms with Gasteiger partial charge in [0.25, 0.3) is 5.91 Å². The summed E-state index contributed by atoms with van der Waals surface area (Å²) >= 11 is 1.39. The number of nitrogens with zero attached hydrogens (tertiary/aromatic N) is 6. The second-order valence-corrected chi connectivity index (χ2v) is 9.50. The molecule has 1 saturated carbocycles. The average molecular weight is 473 g/mol. The largest absolute Gasteiger partial charge is 0.485 e. The highest BCUT2D eigenvalue weighted by Gasteiger charge is 2.33. The van der Waals surface area contributed by atoms with Crippen LogP contribution in [0.15, 0.2) is 29.4 Å². The molecule has 3 heterocycles. The van der Waals surface area contributed by atoms with E-state index in [0.717, 1.165) is 12.8 Å². The number of carbonyl (C=O) groups excluding carboxylic acids is 2. The summed E-state index contributed by atoms with van der Waals surface area (Å²) < 4.78 is 13.4. The van der Waals surface area contributed by atoms with Gasteiger partial charge in [0.05, 0.1) is 11.8 Å². The summed E-state index contributed by atoms with van der Waals surface area (Å²) in [6.45, 7) is 2.17. The number of tetrazole rings is 1. The van der Waals surface area contributed by atoms with Crippen molar-refractivity contribution in [2.24, 2.45) is 0 Å². The van der Waals surface area contributed by atoms with Crippen molar-refractivity contribution in [2.45, 2.75) is 49.4 Å². The van der Waals surface area contributed by atoms with Crippen molar-refractivity contribution in [3.05, 3.63) is 24.3 Å². The van der Waals surface area contributed by atoms with E-state index in [1.54, 1.807) is 15.9 Å². The van der Waals surface area contributed by atoms with Crippen LogP contribution in [-0.4, -0.2) is 86.5 Å². The Kier molecular flexibility index (Phi) is 6.65. The first-order valence-electron chi connectivity index (χ1n) is 11.5. The Morgan fingerprint density at radius 1 is 1.00 bits per heavy atom. The number of rotatable bonds is 5. The zero-order valence-corrected chi connectivity index (χ0v) is 19.3. The Bertz CT molecular complexity index is 987.